The van der Waals surface area contributed by atoms with Gasteiger partial charge in [0.2, 0.25) is 0 Å². The molecule has 0 radical (unpaired) electrons. The second-order valence-electron chi connectivity index (χ2n) is 7.10. The maximum atomic E-state index is 12.6. The van der Waals surface area contributed by atoms with Gasteiger partial charge in [0.1, 0.15) is 11.8 Å². The number of amides is 3. The summed E-state index contributed by atoms with van der Waals surface area (Å²) in [5.74, 6) is -2.92. The van der Waals surface area contributed by atoms with Crippen molar-refractivity contribution in [1.82, 2.24) is 16.0 Å². The summed E-state index contributed by atoms with van der Waals surface area (Å²) in [7, 11) is 0. The quantitative estimate of drug-likeness (QED) is 0.305. The van der Waals surface area contributed by atoms with Crippen molar-refractivity contribution in [3.63, 3.8) is 0 Å². The van der Waals surface area contributed by atoms with Crippen molar-refractivity contribution in [2.24, 2.45) is 0 Å². The van der Waals surface area contributed by atoms with Gasteiger partial charge in [-0.1, -0.05) is 29.8 Å². The van der Waals surface area contributed by atoms with E-state index in [-0.39, 0.29) is 35.0 Å². The molecule has 3 amide bonds. The number of thiophene rings is 1. The zero-order valence-corrected chi connectivity index (χ0v) is 19.2. The molecule has 3 rings (SSSR count). The number of hydrogen-bond acceptors (Lipinski definition) is 6. The van der Waals surface area contributed by atoms with E-state index in [1.165, 1.54) is 41.7 Å². The minimum absolute atomic E-state index is 0.0259. The summed E-state index contributed by atoms with van der Waals surface area (Å²) in [5, 5.41) is 28.0. The highest BCUT2D eigenvalue weighted by Gasteiger charge is 2.23. The number of nitrogens with one attached hydrogen (secondary N) is 3. The van der Waals surface area contributed by atoms with Gasteiger partial charge in [-0.05, 0) is 47.3 Å². The number of benzene rings is 2. The van der Waals surface area contributed by atoms with Crippen LogP contribution in [-0.2, 0) is 11.3 Å². The van der Waals surface area contributed by atoms with E-state index in [4.69, 9.17) is 11.6 Å². The lowest BCUT2D eigenvalue weighted by atomic mass is 10.1. The van der Waals surface area contributed by atoms with Crippen LogP contribution in [0.1, 0.15) is 36.0 Å². The molecule has 0 saturated heterocycles. The van der Waals surface area contributed by atoms with Gasteiger partial charge in [0, 0.05) is 18.7 Å². The predicted octanol–water partition coefficient (Wildman–Crippen LogP) is 2.65. The molecule has 3 aromatic rings. The summed E-state index contributed by atoms with van der Waals surface area (Å²) in [6.45, 7) is -0.157. The average Bonchev–Trinajstić information content (AvgIpc) is 3.34. The normalized spacial score (nSPS) is 11.3. The molecule has 0 unspecified atom stereocenters. The lowest BCUT2D eigenvalue weighted by Crippen LogP contribution is -2.48. The molecule has 34 heavy (non-hydrogen) atoms. The van der Waals surface area contributed by atoms with E-state index in [1.807, 2.05) is 0 Å². The number of halogens is 1. The minimum atomic E-state index is -1.39. The second kappa shape index (κ2) is 11.3. The third-order valence-electron chi connectivity index (χ3n) is 4.65. The topological polar surface area (TPSA) is 145 Å². The number of carboxylic acids is 1. The van der Waals surface area contributed by atoms with Crippen LogP contribution in [-0.4, -0.2) is 46.5 Å². The Kier molecular flexibility index (Phi) is 8.23. The number of carbonyl (C=O) groups is 4. The zero-order valence-electron chi connectivity index (χ0n) is 17.6. The van der Waals surface area contributed by atoms with E-state index in [1.54, 1.807) is 29.6 Å². The molecule has 9 nitrogen and oxygen atoms in total. The van der Waals surface area contributed by atoms with Crippen molar-refractivity contribution in [1.29, 1.82) is 0 Å². The van der Waals surface area contributed by atoms with Gasteiger partial charge in [-0.25, -0.2) is 4.79 Å². The van der Waals surface area contributed by atoms with E-state index >= 15 is 0 Å². The van der Waals surface area contributed by atoms with Crippen molar-refractivity contribution in [3.8, 4) is 5.75 Å². The van der Waals surface area contributed by atoms with Gasteiger partial charge in [-0.3, -0.25) is 14.4 Å². The molecule has 5 N–H and O–H groups in total. The van der Waals surface area contributed by atoms with E-state index in [0.29, 0.717) is 10.4 Å². The van der Waals surface area contributed by atoms with Crippen LogP contribution < -0.4 is 16.0 Å². The van der Waals surface area contributed by atoms with Gasteiger partial charge in [-0.15, -0.1) is 11.3 Å². The monoisotopic (exact) mass is 501 g/mol. The van der Waals surface area contributed by atoms with Gasteiger partial charge in [-0.2, -0.15) is 0 Å². The molecule has 0 saturated carbocycles. The number of aromatic hydroxyl groups is 1. The van der Waals surface area contributed by atoms with Gasteiger partial charge >= 0.3 is 5.97 Å². The minimum Gasteiger partial charge on any atom is -0.508 e. The van der Waals surface area contributed by atoms with Gasteiger partial charge in [0.15, 0.2) is 0 Å². The first-order chi connectivity index (χ1) is 16.2. The number of carboxylic acid groups (broad SMARTS) is 1. The number of carbonyl (C=O) groups excluding carboxylic acids is 3. The highest BCUT2D eigenvalue weighted by Crippen LogP contribution is 2.19. The van der Waals surface area contributed by atoms with Gasteiger partial charge in [0.25, 0.3) is 17.7 Å². The van der Waals surface area contributed by atoms with Crippen LogP contribution in [0.4, 0.5) is 0 Å². The summed E-state index contributed by atoms with van der Waals surface area (Å²) in [6, 6.07) is 12.3. The second-order valence-corrected chi connectivity index (χ2v) is 8.45. The molecule has 0 aliphatic carbocycles. The first-order valence-corrected chi connectivity index (χ1v) is 11.2. The Labute approximate surface area is 203 Å². The van der Waals surface area contributed by atoms with Crippen molar-refractivity contribution in [2.75, 3.05) is 6.54 Å². The molecule has 0 fully saturated rings. The molecule has 2 aromatic carbocycles. The summed E-state index contributed by atoms with van der Waals surface area (Å²) >= 11 is 7.38. The lowest BCUT2D eigenvalue weighted by Gasteiger charge is -2.16. The zero-order chi connectivity index (χ0) is 24.7. The molecule has 1 heterocycles. The molecular weight excluding hydrogens is 482 g/mol. The number of aliphatic carboxylic acids is 1. The molecule has 0 aliphatic heterocycles. The van der Waals surface area contributed by atoms with Crippen LogP contribution in [0.25, 0.3) is 0 Å². The molecule has 1 atom stereocenters. The van der Waals surface area contributed by atoms with Crippen molar-refractivity contribution >= 4 is 46.6 Å². The standard InChI is InChI=1S/C23H20ClN3O6S/c24-17-10-14(20(29)25-11-13-3-1-4-15(28)9-13)6-7-16(17)21(30)27-18(23(32)33)12-26-22(31)19-5-2-8-34-19/h1-10,18,28H,11-12H2,(H,25,29)(H,26,31)(H,27,30)(H,32,33)/t18-/m0/s1. The van der Waals surface area contributed by atoms with Crippen molar-refractivity contribution in [3.05, 3.63) is 86.6 Å². The summed E-state index contributed by atoms with van der Waals surface area (Å²) in [6.07, 6.45) is 0. The van der Waals surface area contributed by atoms with Gasteiger partial charge in [0.05, 0.1) is 15.5 Å². The van der Waals surface area contributed by atoms with E-state index < -0.39 is 29.7 Å². The summed E-state index contributed by atoms with van der Waals surface area (Å²) in [5.41, 5.74) is 0.864. The van der Waals surface area contributed by atoms with E-state index in [2.05, 4.69) is 16.0 Å². The van der Waals surface area contributed by atoms with Crippen molar-refractivity contribution in [2.45, 2.75) is 12.6 Å². The average molecular weight is 502 g/mol. The largest absolute Gasteiger partial charge is 0.508 e. The SMILES string of the molecule is O=C(NCc1cccc(O)c1)c1ccc(C(=O)N[C@@H](CNC(=O)c2cccs2)C(=O)O)c(Cl)c1. The van der Waals surface area contributed by atoms with Gasteiger partial charge < -0.3 is 26.2 Å². The highest BCUT2D eigenvalue weighted by atomic mass is 35.5. The molecule has 0 bridgehead atoms. The molecule has 0 aliphatic rings. The van der Waals surface area contributed by atoms with Crippen molar-refractivity contribution < 1.29 is 29.4 Å². The van der Waals surface area contributed by atoms with E-state index in [0.717, 1.165) is 0 Å². The Morgan fingerprint density at radius 1 is 0.941 bits per heavy atom. The van der Waals surface area contributed by atoms with Crippen LogP contribution in [0.15, 0.2) is 60.0 Å². The van der Waals surface area contributed by atoms with Crippen LogP contribution in [0.2, 0.25) is 5.02 Å². The number of rotatable bonds is 9. The number of hydrogen-bond donors (Lipinski definition) is 5. The fraction of sp³-hybridized carbons (Fsp3) is 0.130. The molecular formula is C23H20ClN3O6S. The third kappa shape index (κ3) is 6.56. The molecule has 176 valence electrons. The van der Waals surface area contributed by atoms with Crippen LogP contribution in [0.3, 0.4) is 0 Å². The van der Waals surface area contributed by atoms with Crippen LogP contribution in [0.5, 0.6) is 5.75 Å². The fourth-order valence-corrected chi connectivity index (χ4v) is 3.82. The first kappa shape index (κ1) is 24.7. The van der Waals surface area contributed by atoms with Crippen LogP contribution in [0, 0.1) is 0 Å². The third-order valence-corrected chi connectivity index (χ3v) is 5.84. The van der Waals surface area contributed by atoms with E-state index in [9.17, 15) is 29.4 Å². The maximum Gasteiger partial charge on any atom is 0.328 e. The smallest absolute Gasteiger partial charge is 0.328 e. The maximum absolute atomic E-state index is 12.6. The summed E-state index contributed by atoms with van der Waals surface area (Å²) < 4.78 is 0. The Bertz CT molecular complexity index is 1220. The highest BCUT2D eigenvalue weighted by molar-refractivity contribution is 7.12. The Hall–Kier alpha value is -3.89. The summed E-state index contributed by atoms with van der Waals surface area (Å²) in [4.78, 5) is 49.0. The Morgan fingerprint density at radius 3 is 2.38 bits per heavy atom. The molecule has 1 aromatic heterocycles. The predicted molar refractivity (Wildman–Crippen MR) is 126 cm³/mol. The Morgan fingerprint density at radius 2 is 1.74 bits per heavy atom. The fourth-order valence-electron chi connectivity index (χ4n) is 2.92. The molecule has 11 heteroatoms. The number of phenolic OH excluding ortho intramolecular Hbond substituents is 1. The lowest BCUT2D eigenvalue weighted by molar-refractivity contribution is -0.139. The van der Waals surface area contributed by atoms with Crippen LogP contribution >= 0.6 is 22.9 Å². The number of phenols is 1. The first-order valence-electron chi connectivity index (χ1n) is 9.95. The molecule has 0 spiro atoms. The Balaban J connectivity index is 1.60.